The molecule has 0 aliphatic carbocycles. The summed E-state index contributed by atoms with van der Waals surface area (Å²) in [7, 11) is 2.19. The molecule has 3 aliphatic rings. The number of nitrogens with one attached hydrogen (secondary N) is 2. The van der Waals surface area contributed by atoms with Crippen molar-refractivity contribution in [2.45, 2.75) is 37.8 Å². The second kappa shape index (κ2) is 8.67. The van der Waals surface area contributed by atoms with Gasteiger partial charge < -0.3 is 20.1 Å². The van der Waals surface area contributed by atoms with Gasteiger partial charge in [-0.2, -0.15) is 0 Å². The van der Waals surface area contributed by atoms with Gasteiger partial charge in [0, 0.05) is 43.0 Å². The number of anilines is 2. The number of urea groups is 1. The molecule has 5 rings (SSSR count). The van der Waals surface area contributed by atoms with E-state index in [4.69, 9.17) is 0 Å². The number of hydrogen-bond donors (Lipinski definition) is 2. The maximum Gasteiger partial charge on any atom is 0.323 e. The molecule has 2 bridgehead atoms. The van der Waals surface area contributed by atoms with Crippen LogP contribution in [0.2, 0.25) is 0 Å². The van der Waals surface area contributed by atoms with E-state index in [1.165, 1.54) is 31.0 Å². The van der Waals surface area contributed by atoms with E-state index in [0.29, 0.717) is 30.1 Å². The molecular weight excluding hydrogens is 409 g/mol. The number of carbonyl (C=O) groups excluding carboxylic acids is 1. The molecule has 170 valence electrons. The molecule has 1 aromatic carbocycles. The van der Waals surface area contributed by atoms with E-state index in [1.807, 2.05) is 10.6 Å². The number of rotatable bonds is 3. The number of nitrogens with zero attached hydrogens (tertiary/aromatic N) is 3. The summed E-state index contributed by atoms with van der Waals surface area (Å²) in [5.74, 6) is 0.373. The SMILES string of the molecule is CN1CCC(N2C[C@H]3C[C@H](C2)c2ccc(NC(=O)Nc4cccc(F)c4)c(=O)n2C3)CC1. The molecule has 3 aliphatic heterocycles. The first kappa shape index (κ1) is 21.2. The van der Waals surface area contributed by atoms with Crippen molar-refractivity contribution in [1.29, 1.82) is 0 Å². The van der Waals surface area contributed by atoms with Gasteiger partial charge in [0.2, 0.25) is 0 Å². The molecule has 0 saturated carbocycles. The van der Waals surface area contributed by atoms with Crippen LogP contribution in [0.25, 0.3) is 0 Å². The van der Waals surface area contributed by atoms with E-state index in [1.54, 1.807) is 12.1 Å². The van der Waals surface area contributed by atoms with Crippen molar-refractivity contribution in [3.8, 4) is 0 Å². The Bertz CT molecular complexity index is 1060. The van der Waals surface area contributed by atoms with Gasteiger partial charge in [-0.25, -0.2) is 9.18 Å². The fourth-order valence-electron chi connectivity index (χ4n) is 5.59. The highest BCUT2D eigenvalue weighted by Crippen LogP contribution is 2.37. The summed E-state index contributed by atoms with van der Waals surface area (Å²) in [6.07, 6.45) is 3.55. The lowest BCUT2D eigenvalue weighted by molar-refractivity contribution is 0.0517. The van der Waals surface area contributed by atoms with E-state index in [2.05, 4.69) is 27.5 Å². The van der Waals surface area contributed by atoms with Crippen LogP contribution < -0.4 is 16.2 Å². The van der Waals surface area contributed by atoms with Crippen LogP contribution in [0.15, 0.2) is 41.2 Å². The van der Waals surface area contributed by atoms with Gasteiger partial charge in [-0.05, 0) is 75.6 Å². The lowest BCUT2D eigenvalue weighted by atomic mass is 9.82. The van der Waals surface area contributed by atoms with Crippen molar-refractivity contribution < 1.29 is 9.18 Å². The van der Waals surface area contributed by atoms with Crippen molar-refractivity contribution >= 4 is 17.4 Å². The van der Waals surface area contributed by atoms with E-state index in [9.17, 15) is 14.0 Å². The van der Waals surface area contributed by atoms with Crippen LogP contribution >= 0.6 is 0 Å². The first-order valence-corrected chi connectivity index (χ1v) is 11.5. The zero-order valence-electron chi connectivity index (χ0n) is 18.4. The first-order chi connectivity index (χ1) is 15.5. The van der Waals surface area contributed by atoms with Gasteiger partial charge in [0.15, 0.2) is 0 Å². The summed E-state index contributed by atoms with van der Waals surface area (Å²) in [5, 5.41) is 5.21. The lowest BCUT2D eigenvalue weighted by Crippen LogP contribution is -2.53. The number of benzene rings is 1. The molecular formula is C24H30FN5O2. The van der Waals surface area contributed by atoms with Crippen LogP contribution in [0.3, 0.4) is 0 Å². The molecule has 4 heterocycles. The van der Waals surface area contributed by atoms with Crippen molar-refractivity contribution in [2.24, 2.45) is 5.92 Å². The Hall–Kier alpha value is -2.71. The van der Waals surface area contributed by atoms with Crippen molar-refractivity contribution in [3.63, 3.8) is 0 Å². The number of fused-ring (bicyclic) bond motifs is 4. The molecule has 2 N–H and O–H groups in total. The molecule has 2 atom stereocenters. The zero-order chi connectivity index (χ0) is 22.2. The monoisotopic (exact) mass is 439 g/mol. The quantitative estimate of drug-likeness (QED) is 0.771. The molecule has 0 unspecified atom stereocenters. The number of likely N-dealkylation sites (tertiary alicyclic amines) is 2. The highest BCUT2D eigenvalue weighted by atomic mass is 19.1. The summed E-state index contributed by atoms with van der Waals surface area (Å²) < 4.78 is 15.2. The number of piperidine rings is 2. The van der Waals surface area contributed by atoms with Crippen molar-refractivity contribution in [3.05, 3.63) is 58.3 Å². The minimum absolute atomic E-state index is 0.167. The summed E-state index contributed by atoms with van der Waals surface area (Å²) in [5.41, 5.74) is 1.48. The smallest absolute Gasteiger partial charge is 0.310 e. The van der Waals surface area contributed by atoms with Gasteiger partial charge in [0.1, 0.15) is 11.5 Å². The molecule has 32 heavy (non-hydrogen) atoms. The highest BCUT2D eigenvalue weighted by molar-refractivity contribution is 5.99. The molecule has 8 heteroatoms. The Morgan fingerprint density at radius 2 is 1.88 bits per heavy atom. The lowest BCUT2D eigenvalue weighted by Gasteiger charge is -2.47. The molecule has 7 nitrogen and oxygen atoms in total. The van der Waals surface area contributed by atoms with Gasteiger partial charge in [-0.15, -0.1) is 0 Å². The molecule has 0 spiro atoms. The average Bonchev–Trinajstić information content (AvgIpc) is 2.76. The standard InChI is InChI=1S/C24H30FN5O2/c1-28-9-7-20(8-10-28)29-13-16-11-17(15-29)22-6-5-21(23(31)30(22)14-16)27-24(32)26-19-4-2-3-18(25)12-19/h2-6,12,16-17,20H,7-11,13-15H2,1H3,(H2,26,27,32)/t16-,17-/m1/s1. The number of halogens is 1. The fourth-order valence-corrected chi connectivity index (χ4v) is 5.59. The van der Waals surface area contributed by atoms with Gasteiger partial charge >= 0.3 is 6.03 Å². The number of hydrogen-bond acceptors (Lipinski definition) is 4. The maximum atomic E-state index is 13.3. The summed E-state index contributed by atoms with van der Waals surface area (Å²) in [6.45, 7) is 5.03. The van der Waals surface area contributed by atoms with E-state index in [0.717, 1.165) is 38.3 Å². The number of aromatic nitrogens is 1. The van der Waals surface area contributed by atoms with E-state index >= 15 is 0 Å². The van der Waals surface area contributed by atoms with Crippen LogP contribution in [-0.2, 0) is 6.54 Å². The predicted molar refractivity (Wildman–Crippen MR) is 123 cm³/mol. The van der Waals surface area contributed by atoms with E-state index in [-0.39, 0.29) is 11.2 Å². The molecule has 2 fully saturated rings. The summed E-state index contributed by atoms with van der Waals surface area (Å²) in [4.78, 5) is 30.5. The fraction of sp³-hybridized carbons (Fsp3) is 0.500. The van der Waals surface area contributed by atoms with Crippen LogP contribution in [-0.4, -0.2) is 59.7 Å². The second-order valence-electron chi connectivity index (χ2n) is 9.46. The number of amides is 2. The predicted octanol–water partition coefficient (Wildman–Crippen LogP) is 3.14. The Kier molecular flexibility index (Phi) is 5.73. The maximum absolute atomic E-state index is 13.3. The minimum atomic E-state index is -0.558. The summed E-state index contributed by atoms with van der Waals surface area (Å²) in [6, 6.07) is 9.43. The third-order valence-corrected chi connectivity index (χ3v) is 7.17. The Labute approximate surface area is 187 Å². The first-order valence-electron chi connectivity index (χ1n) is 11.5. The van der Waals surface area contributed by atoms with Crippen molar-refractivity contribution in [2.75, 3.05) is 43.9 Å². The summed E-state index contributed by atoms with van der Waals surface area (Å²) >= 11 is 0. The molecule has 2 aromatic rings. The topological polar surface area (TPSA) is 69.6 Å². The Morgan fingerprint density at radius 3 is 2.66 bits per heavy atom. The van der Waals surface area contributed by atoms with E-state index < -0.39 is 11.8 Å². The van der Waals surface area contributed by atoms with Crippen molar-refractivity contribution in [1.82, 2.24) is 14.4 Å². The Balaban J connectivity index is 1.30. The minimum Gasteiger partial charge on any atom is -0.310 e. The molecule has 2 saturated heterocycles. The normalized spacial score (nSPS) is 24.1. The van der Waals surface area contributed by atoms with Crippen LogP contribution in [0.1, 0.15) is 30.9 Å². The van der Waals surface area contributed by atoms with Gasteiger partial charge in [-0.3, -0.25) is 9.69 Å². The third-order valence-electron chi connectivity index (χ3n) is 7.17. The number of carbonyl (C=O) groups is 1. The molecule has 2 amide bonds. The van der Waals surface area contributed by atoms with Crippen LogP contribution in [0.5, 0.6) is 0 Å². The van der Waals surface area contributed by atoms with Gasteiger partial charge in [0.05, 0.1) is 0 Å². The Morgan fingerprint density at radius 1 is 1.06 bits per heavy atom. The third kappa shape index (κ3) is 4.29. The highest BCUT2D eigenvalue weighted by Gasteiger charge is 2.37. The largest absolute Gasteiger partial charge is 0.323 e. The van der Waals surface area contributed by atoms with Gasteiger partial charge in [0.25, 0.3) is 5.56 Å². The van der Waals surface area contributed by atoms with Crippen LogP contribution in [0, 0.1) is 11.7 Å². The average molecular weight is 440 g/mol. The molecule has 0 radical (unpaired) electrons. The van der Waals surface area contributed by atoms with Gasteiger partial charge in [-0.1, -0.05) is 6.07 Å². The second-order valence-corrected chi connectivity index (χ2v) is 9.46. The zero-order valence-corrected chi connectivity index (χ0v) is 18.4. The number of pyridine rings is 1. The molecule has 1 aromatic heterocycles. The van der Waals surface area contributed by atoms with Crippen LogP contribution in [0.4, 0.5) is 20.6 Å².